The summed E-state index contributed by atoms with van der Waals surface area (Å²) in [6, 6.07) is 0. The highest BCUT2D eigenvalue weighted by atomic mass is 16.3. The minimum Gasteiger partial charge on any atom is -0.389 e. The SMILES string of the molecule is CCC/C=C1\CCCCCC1O. The van der Waals surface area contributed by atoms with Gasteiger partial charge in [0.2, 0.25) is 0 Å². The summed E-state index contributed by atoms with van der Waals surface area (Å²) in [4.78, 5) is 0. The van der Waals surface area contributed by atoms with Gasteiger partial charge in [-0.3, -0.25) is 0 Å². The molecule has 1 atom stereocenters. The molecule has 0 aliphatic heterocycles. The van der Waals surface area contributed by atoms with Gasteiger partial charge in [-0.15, -0.1) is 0 Å². The minimum absolute atomic E-state index is 0.126. The van der Waals surface area contributed by atoms with E-state index < -0.39 is 0 Å². The van der Waals surface area contributed by atoms with Gasteiger partial charge in [0.1, 0.15) is 0 Å². The smallest absolute Gasteiger partial charge is 0.0750 e. The molecule has 1 N–H and O–H groups in total. The fraction of sp³-hybridized carbons (Fsp3) is 0.818. The Labute approximate surface area is 75.5 Å². The van der Waals surface area contributed by atoms with Gasteiger partial charge in [-0.2, -0.15) is 0 Å². The zero-order valence-electron chi connectivity index (χ0n) is 8.05. The lowest BCUT2D eigenvalue weighted by molar-refractivity contribution is 0.198. The Hall–Kier alpha value is -0.300. The molecule has 1 rings (SSSR count). The number of rotatable bonds is 2. The van der Waals surface area contributed by atoms with Gasteiger partial charge in [0, 0.05) is 0 Å². The van der Waals surface area contributed by atoms with E-state index in [0.29, 0.717) is 0 Å². The third-order valence-corrected chi connectivity index (χ3v) is 2.57. The van der Waals surface area contributed by atoms with E-state index in [2.05, 4.69) is 13.0 Å². The number of hydrogen-bond donors (Lipinski definition) is 1. The Balaban J connectivity index is 2.46. The van der Waals surface area contributed by atoms with Gasteiger partial charge in [0.05, 0.1) is 6.10 Å². The van der Waals surface area contributed by atoms with Crippen LogP contribution in [0.5, 0.6) is 0 Å². The van der Waals surface area contributed by atoms with Crippen molar-refractivity contribution in [2.75, 3.05) is 0 Å². The van der Waals surface area contributed by atoms with Gasteiger partial charge >= 0.3 is 0 Å². The summed E-state index contributed by atoms with van der Waals surface area (Å²) in [5.74, 6) is 0. The van der Waals surface area contributed by atoms with Crippen molar-refractivity contribution in [3.8, 4) is 0 Å². The fourth-order valence-corrected chi connectivity index (χ4v) is 1.76. The maximum Gasteiger partial charge on any atom is 0.0750 e. The van der Waals surface area contributed by atoms with E-state index >= 15 is 0 Å². The van der Waals surface area contributed by atoms with Crippen LogP contribution in [0.15, 0.2) is 11.6 Å². The lowest BCUT2D eigenvalue weighted by Crippen LogP contribution is -2.07. The Morgan fingerprint density at radius 2 is 2.25 bits per heavy atom. The van der Waals surface area contributed by atoms with Crippen LogP contribution in [0.4, 0.5) is 0 Å². The van der Waals surface area contributed by atoms with Crippen molar-refractivity contribution in [1.29, 1.82) is 0 Å². The number of unbranched alkanes of at least 4 members (excludes halogenated alkanes) is 1. The summed E-state index contributed by atoms with van der Waals surface area (Å²) in [5.41, 5.74) is 1.30. The maximum atomic E-state index is 9.71. The van der Waals surface area contributed by atoms with Crippen LogP contribution in [0.25, 0.3) is 0 Å². The molecule has 0 aromatic rings. The van der Waals surface area contributed by atoms with Crippen molar-refractivity contribution in [3.05, 3.63) is 11.6 Å². The van der Waals surface area contributed by atoms with Gasteiger partial charge < -0.3 is 5.11 Å². The second kappa shape index (κ2) is 5.36. The van der Waals surface area contributed by atoms with Gasteiger partial charge in [-0.25, -0.2) is 0 Å². The molecule has 12 heavy (non-hydrogen) atoms. The van der Waals surface area contributed by atoms with E-state index in [4.69, 9.17) is 0 Å². The van der Waals surface area contributed by atoms with Crippen LogP contribution in [-0.4, -0.2) is 11.2 Å². The third-order valence-electron chi connectivity index (χ3n) is 2.57. The molecule has 1 aliphatic carbocycles. The normalized spacial score (nSPS) is 28.8. The van der Waals surface area contributed by atoms with E-state index in [-0.39, 0.29) is 6.10 Å². The van der Waals surface area contributed by atoms with Gasteiger partial charge in [-0.05, 0) is 31.3 Å². The van der Waals surface area contributed by atoms with Crippen molar-refractivity contribution in [2.24, 2.45) is 0 Å². The van der Waals surface area contributed by atoms with Crippen LogP contribution >= 0.6 is 0 Å². The van der Waals surface area contributed by atoms with Gasteiger partial charge in [0.15, 0.2) is 0 Å². The summed E-state index contributed by atoms with van der Waals surface area (Å²) in [6.07, 6.45) is 10.3. The standard InChI is InChI=1S/C11H20O/c1-2-3-7-10-8-5-4-6-9-11(10)12/h7,11-12H,2-6,8-9H2,1H3/b10-7+. The molecule has 1 nitrogen and oxygen atoms in total. The molecule has 1 aliphatic rings. The van der Waals surface area contributed by atoms with Crippen molar-refractivity contribution < 1.29 is 5.11 Å². The molecule has 0 aromatic carbocycles. The first-order valence-corrected chi connectivity index (χ1v) is 5.21. The predicted octanol–water partition coefficient (Wildman–Crippen LogP) is 3.04. The quantitative estimate of drug-likeness (QED) is 0.496. The highest BCUT2D eigenvalue weighted by Gasteiger charge is 2.13. The molecule has 0 heterocycles. The van der Waals surface area contributed by atoms with E-state index in [1.165, 1.54) is 31.3 Å². The van der Waals surface area contributed by atoms with Crippen LogP contribution in [0.3, 0.4) is 0 Å². The van der Waals surface area contributed by atoms with E-state index in [0.717, 1.165) is 19.3 Å². The summed E-state index contributed by atoms with van der Waals surface area (Å²) >= 11 is 0. The highest BCUT2D eigenvalue weighted by molar-refractivity contribution is 5.08. The number of aliphatic hydroxyl groups excluding tert-OH is 1. The van der Waals surface area contributed by atoms with Gasteiger partial charge in [0.25, 0.3) is 0 Å². The molecule has 1 fully saturated rings. The lowest BCUT2D eigenvalue weighted by Gasteiger charge is -2.10. The summed E-state index contributed by atoms with van der Waals surface area (Å²) in [7, 11) is 0. The zero-order chi connectivity index (χ0) is 8.81. The first kappa shape index (κ1) is 9.79. The Morgan fingerprint density at radius 3 is 3.00 bits per heavy atom. The topological polar surface area (TPSA) is 20.2 Å². The summed E-state index contributed by atoms with van der Waals surface area (Å²) < 4.78 is 0. The molecule has 0 saturated heterocycles. The maximum absolute atomic E-state index is 9.71. The van der Waals surface area contributed by atoms with Crippen molar-refractivity contribution >= 4 is 0 Å². The van der Waals surface area contributed by atoms with Crippen LogP contribution in [0.2, 0.25) is 0 Å². The van der Waals surface area contributed by atoms with Crippen LogP contribution < -0.4 is 0 Å². The van der Waals surface area contributed by atoms with Crippen LogP contribution in [0, 0.1) is 0 Å². The predicted molar refractivity (Wildman–Crippen MR) is 52.1 cm³/mol. The first-order valence-electron chi connectivity index (χ1n) is 5.21. The fourth-order valence-electron chi connectivity index (χ4n) is 1.76. The van der Waals surface area contributed by atoms with Crippen molar-refractivity contribution in [2.45, 2.75) is 58.0 Å². The molecular formula is C11H20O. The van der Waals surface area contributed by atoms with E-state index in [9.17, 15) is 5.11 Å². The summed E-state index contributed by atoms with van der Waals surface area (Å²) in [5, 5.41) is 9.71. The molecule has 0 aromatic heterocycles. The highest BCUT2D eigenvalue weighted by Crippen LogP contribution is 2.23. The van der Waals surface area contributed by atoms with Crippen LogP contribution in [0.1, 0.15) is 51.9 Å². The first-order chi connectivity index (χ1) is 5.84. The largest absolute Gasteiger partial charge is 0.389 e. The second-order valence-corrected chi connectivity index (χ2v) is 3.68. The van der Waals surface area contributed by atoms with Crippen LogP contribution in [-0.2, 0) is 0 Å². The minimum atomic E-state index is -0.126. The average molecular weight is 168 g/mol. The molecule has 1 unspecified atom stereocenters. The number of allylic oxidation sites excluding steroid dienone is 1. The number of hydrogen-bond acceptors (Lipinski definition) is 1. The lowest BCUT2D eigenvalue weighted by atomic mass is 10.0. The average Bonchev–Trinajstić information content (AvgIpc) is 2.27. The Kier molecular flexibility index (Phi) is 4.37. The summed E-state index contributed by atoms with van der Waals surface area (Å²) in [6.45, 7) is 2.18. The monoisotopic (exact) mass is 168 g/mol. The Bertz CT molecular complexity index is 149. The molecular weight excluding hydrogens is 148 g/mol. The van der Waals surface area contributed by atoms with E-state index in [1.54, 1.807) is 0 Å². The molecule has 0 bridgehead atoms. The number of aliphatic hydroxyl groups is 1. The van der Waals surface area contributed by atoms with Gasteiger partial charge in [-0.1, -0.05) is 32.3 Å². The Morgan fingerprint density at radius 1 is 1.42 bits per heavy atom. The van der Waals surface area contributed by atoms with Crippen molar-refractivity contribution in [3.63, 3.8) is 0 Å². The molecule has 0 amide bonds. The second-order valence-electron chi connectivity index (χ2n) is 3.68. The van der Waals surface area contributed by atoms with Crippen molar-refractivity contribution in [1.82, 2.24) is 0 Å². The molecule has 0 radical (unpaired) electrons. The third kappa shape index (κ3) is 2.98. The molecule has 1 heteroatoms. The molecule has 70 valence electrons. The van der Waals surface area contributed by atoms with E-state index in [1.807, 2.05) is 0 Å². The molecule has 1 saturated carbocycles. The zero-order valence-corrected chi connectivity index (χ0v) is 8.05. The molecule has 0 spiro atoms.